The quantitative estimate of drug-likeness (QED) is 0.730. The van der Waals surface area contributed by atoms with Crippen molar-refractivity contribution in [3.8, 4) is 5.75 Å². The molecule has 0 aliphatic rings. The standard InChI is InChI=1S/C13H20O3S/c1-10-3-4-11(2)13(7-10)16-5-6-17-9-12(15)8-14/h3-4,7,12,14-15H,5-6,8-9H2,1-2H3. The average Bonchev–Trinajstić information content (AvgIpc) is 2.32. The molecule has 1 rings (SSSR count). The highest BCUT2D eigenvalue weighted by molar-refractivity contribution is 7.99. The van der Waals surface area contributed by atoms with E-state index in [-0.39, 0.29) is 6.61 Å². The van der Waals surface area contributed by atoms with Crippen molar-refractivity contribution in [3.05, 3.63) is 29.3 Å². The fourth-order valence-corrected chi connectivity index (χ4v) is 2.09. The van der Waals surface area contributed by atoms with Crippen molar-refractivity contribution in [2.45, 2.75) is 20.0 Å². The molecule has 0 aliphatic carbocycles. The number of benzene rings is 1. The molecule has 0 aromatic heterocycles. The van der Waals surface area contributed by atoms with Gasteiger partial charge in [0, 0.05) is 11.5 Å². The molecule has 17 heavy (non-hydrogen) atoms. The Kier molecular flexibility index (Phi) is 6.40. The Bertz CT molecular complexity index is 341. The molecule has 0 aliphatic heterocycles. The molecule has 96 valence electrons. The van der Waals surface area contributed by atoms with Gasteiger partial charge in [-0.25, -0.2) is 0 Å². The van der Waals surface area contributed by atoms with Crippen molar-refractivity contribution in [1.82, 2.24) is 0 Å². The summed E-state index contributed by atoms with van der Waals surface area (Å²) in [7, 11) is 0. The maximum Gasteiger partial charge on any atom is 0.122 e. The van der Waals surface area contributed by atoms with Gasteiger partial charge in [-0.15, -0.1) is 0 Å². The zero-order chi connectivity index (χ0) is 12.7. The average molecular weight is 256 g/mol. The fourth-order valence-electron chi connectivity index (χ4n) is 1.35. The van der Waals surface area contributed by atoms with E-state index in [2.05, 4.69) is 6.07 Å². The predicted molar refractivity (Wildman–Crippen MR) is 71.8 cm³/mol. The normalized spacial score (nSPS) is 12.5. The fraction of sp³-hybridized carbons (Fsp3) is 0.538. The number of rotatable bonds is 7. The second kappa shape index (κ2) is 7.58. The summed E-state index contributed by atoms with van der Waals surface area (Å²) in [5.41, 5.74) is 2.32. The van der Waals surface area contributed by atoms with E-state index in [1.807, 2.05) is 26.0 Å². The van der Waals surface area contributed by atoms with Crippen molar-refractivity contribution in [2.75, 3.05) is 24.7 Å². The van der Waals surface area contributed by atoms with Gasteiger partial charge in [0.2, 0.25) is 0 Å². The summed E-state index contributed by atoms with van der Waals surface area (Å²) >= 11 is 1.58. The first-order chi connectivity index (χ1) is 8.13. The van der Waals surface area contributed by atoms with Crippen LogP contribution in [0.5, 0.6) is 5.75 Å². The van der Waals surface area contributed by atoms with E-state index in [9.17, 15) is 0 Å². The minimum absolute atomic E-state index is 0.176. The summed E-state index contributed by atoms with van der Waals surface area (Å²) in [6.45, 7) is 4.51. The van der Waals surface area contributed by atoms with Gasteiger partial charge >= 0.3 is 0 Å². The monoisotopic (exact) mass is 256 g/mol. The smallest absolute Gasteiger partial charge is 0.122 e. The van der Waals surface area contributed by atoms with E-state index in [0.717, 1.165) is 17.1 Å². The lowest BCUT2D eigenvalue weighted by atomic mass is 10.1. The minimum Gasteiger partial charge on any atom is -0.492 e. The van der Waals surface area contributed by atoms with Crippen LogP contribution in [-0.4, -0.2) is 41.0 Å². The summed E-state index contributed by atoms with van der Waals surface area (Å²) in [4.78, 5) is 0. The van der Waals surface area contributed by atoms with Gasteiger partial charge in [-0.1, -0.05) is 12.1 Å². The predicted octanol–water partition coefficient (Wildman–Crippen LogP) is 1.77. The molecule has 2 N–H and O–H groups in total. The highest BCUT2D eigenvalue weighted by atomic mass is 32.2. The Labute approximate surface area is 107 Å². The molecule has 0 radical (unpaired) electrons. The van der Waals surface area contributed by atoms with Crippen molar-refractivity contribution in [1.29, 1.82) is 0 Å². The van der Waals surface area contributed by atoms with Crippen LogP contribution in [0.1, 0.15) is 11.1 Å². The molecule has 1 atom stereocenters. The second-order valence-corrected chi connectivity index (χ2v) is 5.18. The summed E-state index contributed by atoms with van der Waals surface area (Å²) in [5.74, 6) is 2.28. The zero-order valence-corrected chi connectivity index (χ0v) is 11.2. The maximum absolute atomic E-state index is 9.14. The lowest BCUT2D eigenvalue weighted by Crippen LogP contribution is -2.15. The van der Waals surface area contributed by atoms with Gasteiger partial charge in [-0.2, -0.15) is 11.8 Å². The van der Waals surface area contributed by atoms with Crippen LogP contribution < -0.4 is 4.74 Å². The second-order valence-electron chi connectivity index (χ2n) is 4.03. The lowest BCUT2D eigenvalue weighted by Gasteiger charge is -2.10. The summed E-state index contributed by atoms with van der Waals surface area (Å²) < 4.78 is 5.67. The molecule has 0 heterocycles. The number of hydrogen-bond acceptors (Lipinski definition) is 4. The molecule has 1 aromatic rings. The molecule has 0 saturated heterocycles. The number of hydrogen-bond donors (Lipinski definition) is 2. The van der Waals surface area contributed by atoms with Crippen LogP contribution >= 0.6 is 11.8 Å². The molecule has 0 fully saturated rings. The van der Waals surface area contributed by atoms with Crippen LogP contribution in [0.4, 0.5) is 0 Å². The van der Waals surface area contributed by atoms with Gasteiger partial charge in [-0.05, 0) is 31.0 Å². The summed E-state index contributed by atoms with van der Waals surface area (Å²) in [6.07, 6.45) is -0.624. The van der Waals surface area contributed by atoms with E-state index < -0.39 is 6.10 Å². The maximum atomic E-state index is 9.14. The Balaban J connectivity index is 2.24. The van der Waals surface area contributed by atoms with E-state index in [1.165, 1.54) is 5.56 Å². The Morgan fingerprint density at radius 3 is 2.82 bits per heavy atom. The molecule has 0 bridgehead atoms. The highest BCUT2D eigenvalue weighted by Crippen LogP contribution is 2.19. The van der Waals surface area contributed by atoms with E-state index in [1.54, 1.807) is 11.8 Å². The van der Waals surface area contributed by atoms with Gasteiger partial charge < -0.3 is 14.9 Å². The van der Waals surface area contributed by atoms with Crippen LogP contribution in [0.15, 0.2) is 18.2 Å². The molecular formula is C13H20O3S. The number of aliphatic hydroxyl groups excluding tert-OH is 2. The minimum atomic E-state index is -0.624. The number of aliphatic hydroxyl groups is 2. The number of aryl methyl sites for hydroxylation is 2. The summed E-state index contributed by atoms with van der Waals surface area (Å²) in [6, 6.07) is 6.14. The SMILES string of the molecule is Cc1ccc(C)c(OCCSCC(O)CO)c1. The first kappa shape index (κ1) is 14.4. The Morgan fingerprint density at radius 1 is 1.35 bits per heavy atom. The molecule has 0 amide bonds. The lowest BCUT2D eigenvalue weighted by molar-refractivity contribution is 0.113. The van der Waals surface area contributed by atoms with Gasteiger partial charge in [0.15, 0.2) is 0 Å². The van der Waals surface area contributed by atoms with Gasteiger partial charge in [0.05, 0.1) is 19.3 Å². The van der Waals surface area contributed by atoms with E-state index >= 15 is 0 Å². The van der Waals surface area contributed by atoms with Crippen LogP contribution in [0.2, 0.25) is 0 Å². The third-order valence-corrected chi connectivity index (χ3v) is 3.43. The van der Waals surface area contributed by atoms with Crippen LogP contribution in [0.3, 0.4) is 0 Å². The van der Waals surface area contributed by atoms with Crippen LogP contribution in [0, 0.1) is 13.8 Å². The molecule has 4 heteroatoms. The first-order valence-electron chi connectivity index (χ1n) is 5.70. The Morgan fingerprint density at radius 2 is 2.12 bits per heavy atom. The van der Waals surface area contributed by atoms with Crippen molar-refractivity contribution in [2.24, 2.45) is 0 Å². The zero-order valence-electron chi connectivity index (χ0n) is 10.3. The third-order valence-electron chi connectivity index (χ3n) is 2.35. The molecule has 1 aromatic carbocycles. The number of thioether (sulfide) groups is 1. The highest BCUT2D eigenvalue weighted by Gasteiger charge is 2.02. The largest absolute Gasteiger partial charge is 0.492 e. The van der Waals surface area contributed by atoms with Crippen molar-refractivity contribution in [3.63, 3.8) is 0 Å². The van der Waals surface area contributed by atoms with Gasteiger partial charge in [-0.3, -0.25) is 0 Å². The topological polar surface area (TPSA) is 49.7 Å². The molecule has 3 nitrogen and oxygen atoms in total. The van der Waals surface area contributed by atoms with Crippen LogP contribution in [-0.2, 0) is 0 Å². The van der Waals surface area contributed by atoms with E-state index in [4.69, 9.17) is 14.9 Å². The van der Waals surface area contributed by atoms with Crippen molar-refractivity contribution >= 4 is 11.8 Å². The van der Waals surface area contributed by atoms with Crippen LogP contribution in [0.25, 0.3) is 0 Å². The Hall–Kier alpha value is -0.710. The van der Waals surface area contributed by atoms with Gasteiger partial charge in [0.1, 0.15) is 5.75 Å². The number of ether oxygens (including phenoxy) is 1. The molecule has 0 spiro atoms. The summed E-state index contributed by atoms with van der Waals surface area (Å²) in [5, 5.41) is 17.8. The first-order valence-corrected chi connectivity index (χ1v) is 6.85. The molecular weight excluding hydrogens is 236 g/mol. The van der Waals surface area contributed by atoms with Gasteiger partial charge in [0.25, 0.3) is 0 Å². The third kappa shape index (κ3) is 5.44. The van der Waals surface area contributed by atoms with Crippen molar-refractivity contribution < 1.29 is 14.9 Å². The molecule has 1 unspecified atom stereocenters. The van der Waals surface area contributed by atoms with E-state index in [0.29, 0.717) is 12.4 Å². The molecule has 0 saturated carbocycles.